The number of benzene rings is 1. The van der Waals surface area contributed by atoms with Gasteiger partial charge in [-0.05, 0) is 37.5 Å². The lowest BCUT2D eigenvalue weighted by molar-refractivity contribution is -0.355. The smallest absolute Gasteiger partial charge is 0.303 e. The molecule has 10 atom stereocenters. The molecule has 0 radical (unpaired) electrons. The zero-order valence-corrected chi connectivity index (χ0v) is 24.5. The van der Waals surface area contributed by atoms with E-state index in [2.05, 4.69) is 0 Å². The van der Waals surface area contributed by atoms with E-state index in [0.29, 0.717) is 11.1 Å². The van der Waals surface area contributed by atoms with Crippen molar-refractivity contribution in [1.29, 1.82) is 0 Å². The third-order valence-electron chi connectivity index (χ3n) is 10.3. The van der Waals surface area contributed by atoms with Crippen LogP contribution in [0.25, 0.3) is 0 Å². The number of esters is 2. The summed E-state index contributed by atoms with van der Waals surface area (Å²) in [5, 5.41) is 47.7. The van der Waals surface area contributed by atoms with Crippen molar-refractivity contribution in [2.45, 2.75) is 109 Å². The first kappa shape index (κ1) is 30.1. The second-order valence-corrected chi connectivity index (χ2v) is 13.0. The van der Waals surface area contributed by atoms with E-state index in [0.717, 1.165) is 5.56 Å². The number of carbonyl (C=O) groups is 2. The Morgan fingerprint density at radius 2 is 1.76 bits per heavy atom. The van der Waals surface area contributed by atoms with Gasteiger partial charge in [0.15, 0.2) is 5.60 Å². The summed E-state index contributed by atoms with van der Waals surface area (Å²) < 4.78 is 24.4. The fourth-order valence-electron chi connectivity index (χ4n) is 8.39. The molecule has 0 amide bonds. The minimum absolute atomic E-state index is 0.00836. The van der Waals surface area contributed by atoms with Gasteiger partial charge in [0.25, 0.3) is 0 Å². The van der Waals surface area contributed by atoms with E-state index in [1.54, 1.807) is 27.7 Å². The molecule has 0 spiro atoms. The molecule has 0 aromatic heterocycles. The van der Waals surface area contributed by atoms with Crippen LogP contribution >= 0.6 is 0 Å². The molecule has 1 unspecified atom stereocenters. The average Bonchev–Trinajstić information content (AvgIpc) is 3.15. The first-order chi connectivity index (χ1) is 19.1. The Labute approximate surface area is 240 Å². The van der Waals surface area contributed by atoms with Crippen molar-refractivity contribution in [3.8, 4) is 0 Å². The molecule has 1 aliphatic heterocycles. The lowest BCUT2D eigenvalue weighted by atomic mass is 9.49. The summed E-state index contributed by atoms with van der Waals surface area (Å²) in [6.07, 6.45) is -6.70. The Bertz CT molecular complexity index is 1220. The average molecular weight is 575 g/mol. The Hall–Kier alpha value is -2.34. The summed E-state index contributed by atoms with van der Waals surface area (Å²) in [4.78, 5) is 24.7. The molecule has 4 N–H and O–H groups in total. The van der Waals surface area contributed by atoms with E-state index in [1.807, 2.05) is 30.3 Å². The van der Waals surface area contributed by atoms with Gasteiger partial charge >= 0.3 is 11.9 Å². The largest absolute Gasteiger partial charge is 0.458 e. The maximum atomic E-state index is 12.6. The Morgan fingerprint density at radius 1 is 1.10 bits per heavy atom. The SMILES string of the molecule is CC(=O)O[C@H]1C[C@]2(C(C)(C)O)C(=C1C)[C@@H](O)[C@H](O)[C@@]1(C)C([C@@H]2OCc2ccccc2)[C@]2(OC(C)=O)CO[C@@H]2C[C@@H]1O. The van der Waals surface area contributed by atoms with Crippen molar-refractivity contribution < 1.29 is 49.0 Å². The molecular weight excluding hydrogens is 532 g/mol. The molecule has 41 heavy (non-hydrogen) atoms. The van der Waals surface area contributed by atoms with Gasteiger partial charge in [-0.15, -0.1) is 0 Å². The van der Waals surface area contributed by atoms with Gasteiger partial charge in [0.05, 0.1) is 42.5 Å². The zero-order chi connectivity index (χ0) is 30.1. The molecular formula is C31H42O10. The Kier molecular flexibility index (Phi) is 7.45. The zero-order valence-electron chi connectivity index (χ0n) is 24.5. The van der Waals surface area contributed by atoms with E-state index >= 15 is 0 Å². The molecule has 226 valence electrons. The number of aliphatic hydroxyl groups is 4. The Morgan fingerprint density at radius 3 is 2.29 bits per heavy atom. The van der Waals surface area contributed by atoms with Gasteiger partial charge in [-0.3, -0.25) is 9.59 Å². The molecule has 1 aromatic rings. The van der Waals surface area contributed by atoms with Crippen LogP contribution in [0.5, 0.6) is 0 Å². The van der Waals surface area contributed by atoms with Gasteiger partial charge in [0.1, 0.15) is 18.3 Å². The van der Waals surface area contributed by atoms with Crippen LogP contribution in [-0.4, -0.2) is 86.8 Å². The normalized spacial score (nSPS) is 41.9. The van der Waals surface area contributed by atoms with E-state index in [9.17, 15) is 30.0 Å². The third-order valence-corrected chi connectivity index (χ3v) is 10.3. The summed E-state index contributed by atoms with van der Waals surface area (Å²) in [5.41, 5.74) is -4.17. The summed E-state index contributed by atoms with van der Waals surface area (Å²) >= 11 is 0. The number of aliphatic hydroxyl groups excluding tert-OH is 3. The van der Waals surface area contributed by atoms with Gasteiger partial charge in [-0.1, -0.05) is 37.3 Å². The molecule has 1 heterocycles. The van der Waals surface area contributed by atoms with Crippen molar-refractivity contribution in [2.75, 3.05) is 6.61 Å². The van der Waals surface area contributed by atoms with Crippen molar-refractivity contribution in [3.05, 3.63) is 47.0 Å². The summed E-state index contributed by atoms with van der Waals surface area (Å²) in [6.45, 7) is 9.25. The van der Waals surface area contributed by atoms with Crippen LogP contribution in [0.15, 0.2) is 41.5 Å². The molecule has 10 nitrogen and oxygen atoms in total. The van der Waals surface area contributed by atoms with Crippen LogP contribution < -0.4 is 0 Å². The second kappa shape index (κ2) is 10.1. The molecule has 3 aliphatic carbocycles. The highest BCUT2D eigenvalue weighted by Crippen LogP contribution is 2.67. The lowest BCUT2D eigenvalue weighted by Gasteiger charge is -2.65. The fourth-order valence-corrected chi connectivity index (χ4v) is 8.39. The summed E-state index contributed by atoms with van der Waals surface area (Å²) in [5.74, 6) is -2.04. The molecule has 3 fully saturated rings. The van der Waals surface area contributed by atoms with Gasteiger partial charge in [-0.25, -0.2) is 0 Å². The van der Waals surface area contributed by atoms with Crippen molar-refractivity contribution in [1.82, 2.24) is 0 Å². The number of hydrogen-bond acceptors (Lipinski definition) is 10. The standard InChI is InChI=1S/C31H42O10/c1-16-20(40-17(2)32)13-30(28(4,5)37)23(16)24(35)26(36)29(6)21(34)12-22-31(15-39-22,41-18(3)33)25(29)27(30)38-14-19-10-8-7-9-11-19/h7-11,20-22,24-27,34-37H,12-15H2,1-6H3/t20-,21-,22+,24+,25?,26-,27-,29+,30-,31-/m0/s1. The minimum atomic E-state index is -1.61. The molecule has 1 aromatic carbocycles. The van der Waals surface area contributed by atoms with Crippen LogP contribution in [0, 0.1) is 16.7 Å². The van der Waals surface area contributed by atoms with Crippen molar-refractivity contribution in [2.24, 2.45) is 16.7 Å². The minimum Gasteiger partial charge on any atom is -0.458 e. The topological polar surface area (TPSA) is 152 Å². The molecule has 5 rings (SSSR count). The molecule has 4 aliphatic rings. The number of rotatable bonds is 6. The van der Waals surface area contributed by atoms with Crippen molar-refractivity contribution >= 4 is 11.9 Å². The van der Waals surface area contributed by atoms with E-state index in [4.69, 9.17) is 18.9 Å². The molecule has 1 saturated heterocycles. The van der Waals surface area contributed by atoms with Gasteiger partial charge < -0.3 is 39.4 Å². The maximum absolute atomic E-state index is 12.6. The highest BCUT2D eigenvalue weighted by atomic mass is 16.6. The molecule has 0 bridgehead atoms. The monoisotopic (exact) mass is 574 g/mol. The molecule has 10 heteroatoms. The summed E-state index contributed by atoms with van der Waals surface area (Å²) in [7, 11) is 0. The van der Waals surface area contributed by atoms with E-state index in [1.165, 1.54) is 13.8 Å². The van der Waals surface area contributed by atoms with Crippen LogP contribution in [0.4, 0.5) is 0 Å². The maximum Gasteiger partial charge on any atom is 0.303 e. The van der Waals surface area contributed by atoms with Crippen LogP contribution in [0.2, 0.25) is 0 Å². The lowest BCUT2D eigenvalue weighted by Crippen LogP contribution is -2.78. The van der Waals surface area contributed by atoms with Gasteiger partial charge in [0.2, 0.25) is 0 Å². The highest BCUT2D eigenvalue weighted by molar-refractivity contribution is 5.67. The first-order valence-electron chi connectivity index (χ1n) is 14.2. The number of ether oxygens (including phenoxy) is 4. The number of fused-ring (bicyclic) bond motifs is 4. The number of hydrogen-bond donors (Lipinski definition) is 4. The quantitative estimate of drug-likeness (QED) is 0.292. The molecule has 2 saturated carbocycles. The second-order valence-electron chi connectivity index (χ2n) is 13.0. The predicted octanol–water partition coefficient (Wildman–Crippen LogP) is 1.80. The first-order valence-corrected chi connectivity index (χ1v) is 14.2. The highest BCUT2D eigenvalue weighted by Gasteiger charge is 2.78. The van der Waals surface area contributed by atoms with Crippen LogP contribution in [0.1, 0.15) is 59.9 Å². The van der Waals surface area contributed by atoms with E-state index < -0.39 is 76.5 Å². The third kappa shape index (κ3) is 4.29. The Balaban J connectivity index is 1.81. The van der Waals surface area contributed by atoms with Gasteiger partial charge in [0, 0.05) is 38.0 Å². The van der Waals surface area contributed by atoms with Crippen LogP contribution in [0.3, 0.4) is 0 Å². The van der Waals surface area contributed by atoms with E-state index in [-0.39, 0.29) is 26.1 Å². The van der Waals surface area contributed by atoms with Crippen molar-refractivity contribution in [3.63, 3.8) is 0 Å². The van der Waals surface area contributed by atoms with Gasteiger partial charge in [-0.2, -0.15) is 0 Å². The predicted molar refractivity (Wildman–Crippen MR) is 145 cm³/mol. The number of carbonyl (C=O) groups excluding carboxylic acids is 2. The van der Waals surface area contributed by atoms with Crippen LogP contribution in [-0.2, 0) is 35.1 Å². The fraction of sp³-hybridized carbons (Fsp3) is 0.677. The summed E-state index contributed by atoms with van der Waals surface area (Å²) in [6, 6.07) is 9.41.